The van der Waals surface area contributed by atoms with E-state index in [1.54, 1.807) is 6.08 Å². The maximum Gasteiger partial charge on any atom is 0.262 e. The summed E-state index contributed by atoms with van der Waals surface area (Å²) in [4.78, 5) is 33.0. The number of fused-ring (bicyclic) bond motifs is 1. The molecule has 2 aromatic carbocycles. The summed E-state index contributed by atoms with van der Waals surface area (Å²) in [7, 11) is 0. The van der Waals surface area contributed by atoms with Crippen molar-refractivity contribution in [3.63, 3.8) is 0 Å². The normalized spacial score (nSPS) is 17.8. The second-order valence-electron chi connectivity index (χ2n) is 8.08. The van der Waals surface area contributed by atoms with E-state index >= 15 is 0 Å². The summed E-state index contributed by atoms with van der Waals surface area (Å²) in [5, 5.41) is 0. The molecule has 2 aromatic heterocycles. The van der Waals surface area contributed by atoms with E-state index in [1.165, 1.54) is 4.90 Å². The van der Waals surface area contributed by atoms with Crippen molar-refractivity contribution in [3.8, 4) is 17.0 Å². The van der Waals surface area contributed by atoms with Gasteiger partial charge in [-0.15, -0.1) is 0 Å². The van der Waals surface area contributed by atoms with E-state index in [9.17, 15) is 9.59 Å². The summed E-state index contributed by atoms with van der Waals surface area (Å²) < 4.78 is 7.98. The van der Waals surface area contributed by atoms with Gasteiger partial charge in [-0.2, -0.15) is 4.98 Å². The van der Waals surface area contributed by atoms with Crippen LogP contribution in [0.2, 0.25) is 0 Å². The Hall–Kier alpha value is -3.84. The van der Waals surface area contributed by atoms with Gasteiger partial charge in [-0.3, -0.25) is 14.2 Å². The first-order valence-electron chi connectivity index (χ1n) is 11.3. The molecule has 1 saturated heterocycles. The number of likely N-dealkylation sites (N-methyl/N-ethyl adjacent to an activating group) is 1. The third kappa shape index (κ3) is 3.58. The van der Waals surface area contributed by atoms with Gasteiger partial charge < -0.3 is 9.32 Å². The minimum atomic E-state index is -0.494. The number of rotatable bonds is 5. The van der Waals surface area contributed by atoms with Crippen molar-refractivity contribution in [2.24, 2.45) is 5.92 Å². The number of benzene rings is 2. The number of ketones is 1. The van der Waals surface area contributed by atoms with Crippen molar-refractivity contribution < 1.29 is 14.0 Å². The molecule has 0 radical (unpaired) electrons. The van der Waals surface area contributed by atoms with E-state index in [2.05, 4.69) is 4.98 Å². The lowest BCUT2D eigenvalue weighted by Crippen LogP contribution is -2.49. The molecule has 3 heterocycles. The number of aromatic nitrogens is 2. The molecule has 1 aliphatic heterocycles. The molecular weight excluding hydrogens is 446 g/mol. The SMILES string of the molecule is CCC1C(=O)/C(=C\c2nc3oc(-c4ccccc4)cc3n2-c2ccccc2)C(=O)N(CC)C1=S. The number of para-hydroxylation sites is 1. The van der Waals surface area contributed by atoms with Gasteiger partial charge in [0.25, 0.3) is 5.91 Å². The zero-order valence-electron chi connectivity index (χ0n) is 18.9. The predicted molar refractivity (Wildman–Crippen MR) is 136 cm³/mol. The van der Waals surface area contributed by atoms with Crippen LogP contribution in [0.4, 0.5) is 0 Å². The number of carbonyl (C=O) groups is 2. The van der Waals surface area contributed by atoms with Gasteiger partial charge in [-0.05, 0) is 31.6 Å². The Balaban J connectivity index is 1.69. The number of hydrogen-bond donors (Lipinski definition) is 0. The molecule has 1 aliphatic rings. The van der Waals surface area contributed by atoms with Crippen molar-refractivity contribution in [1.82, 2.24) is 14.5 Å². The average molecular weight is 470 g/mol. The van der Waals surface area contributed by atoms with Crippen LogP contribution < -0.4 is 0 Å². The van der Waals surface area contributed by atoms with Gasteiger partial charge in [0.15, 0.2) is 5.78 Å². The highest BCUT2D eigenvalue weighted by Gasteiger charge is 2.40. The molecule has 4 aromatic rings. The standard InChI is InChI=1S/C27H23N3O3S/c1-3-19-24(31)20(26(32)29(4-2)27(19)34)15-23-28-25-21(30(23)18-13-9-6-10-14-18)16-22(33-25)17-11-7-5-8-12-17/h5-16,19H,3-4H2,1-2H3/b20-15+. The summed E-state index contributed by atoms with van der Waals surface area (Å²) in [6.07, 6.45) is 2.11. The molecule has 0 saturated carbocycles. The number of nitrogens with zero attached hydrogens (tertiary/aromatic N) is 3. The molecule has 1 fully saturated rings. The van der Waals surface area contributed by atoms with E-state index < -0.39 is 5.92 Å². The maximum absolute atomic E-state index is 13.2. The number of carbonyl (C=O) groups excluding carboxylic acids is 2. The second-order valence-corrected chi connectivity index (χ2v) is 8.50. The van der Waals surface area contributed by atoms with Gasteiger partial charge in [-0.25, -0.2) is 0 Å². The largest absolute Gasteiger partial charge is 0.436 e. The highest BCUT2D eigenvalue weighted by atomic mass is 32.1. The van der Waals surface area contributed by atoms with E-state index in [1.807, 2.05) is 85.1 Å². The van der Waals surface area contributed by atoms with E-state index in [-0.39, 0.29) is 17.3 Å². The van der Waals surface area contributed by atoms with Crippen molar-refractivity contribution >= 4 is 46.2 Å². The third-order valence-electron chi connectivity index (χ3n) is 6.07. The fourth-order valence-corrected chi connectivity index (χ4v) is 4.83. The van der Waals surface area contributed by atoms with Crippen LogP contribution in [0.25, 0.3) is 34.3 Å². The van der Waals surface area contributed by atoms with Gasteiger partial charge in [0, 0.05) is 23.9 Å². The smallest absolute Gasteiger partial charge is 0.262 e. The predicted octanol–water partition coefficient (Wildman–Crippen LogP) is 5.45. The molecule has 1 atom stereocenters. The van der Waals surface area contributed by atoms with Crippen LogP contribution in [-0.4, -0.2) is 37.7 Å². The van der Waals surface area contributed by atoms with Gasteiger partial charge in [-0.1, -0.05) is 67.7 Å². The second kappa shape index (κ2) is 8.83. The lowest BCUT2D eigenvalue weighted by Gasteiger charge is -2.32. The summed E-state index contributed by atoms with van der Waals surface area (Å²) in [6, 6.07) is 21.4. The Morgan fingerprint density at radius 2 is 1.71 bits per heavy atom. The number of thiocarbonyl (C=S) groups is 1. The molecule has 0 bridgehead atoms. The first kappa shape index (κ1) is 22.0. The number of imidazole rings is 1. The number of furan rings is 1. The number of hydrogen-bond acceptors (Lipinski definition) is 5. The molecule has 1 unspecified atom stereocenters. The van der Waals surface area contributed by atoms with Gasteiger partial charge in [0.1, 0.15) is 17.1 Å². The molecule has 0 aliphatic carbocycles. The van der Waals surface area contributed by atoms with Crippen molar-refractivity contribution in [2.45, 2.75) is 20.3 Å². The van der Waals surface area contributed by atoms with E-state index in [0.717, 1.165) is 16.8 Å². The zero-order chi connectivity index (χ0) is 23.8. The molecular formula is C27H23N3O3S. The fourth-order valence-electron chi connectivity index (χ4n) is 4.34. The molecule has 1 amide bonds. The van der Waals surface area contributed by atoms with Crippen molar-refractivity contribution in [1.29, 1.82) is 0 Å². The monoisotopic (exact) mass is 469 g/mol. The van der Waals surface area contributed by atoms with E-state index in [0.29, 0.717) is 35.3 Å². The lowest BCUT2D eigenvalue weighted by atomic mass is 9.89. The Kier molecular flexibility index (Phi) is 5.71. The van der Waals surface area contributed by atoms with Crippen molar-refractivity contribution in [3.05, 3.63) is 78.1 Å². The fraction of sp³-hybridized carbons (Fsp3) is 0.185. The van der Waals surface area contributed by atoms with Gasteiger partial charge in [0.05, 0.1) is 16.5 Å². The topological polar surface area (TPSA) is 68.3 Å². The van der Waals surface area contributed by atoms with Gasteiger partial charge >= 0.3 is 0 Å². The van der Waals surface area contributed by atoms with Crippen LogP contribution >= 0.6 is 12.2 Å². The maximum atomic E-state index is 13.2. The highest BCUT2D eigenvalue weighted by molar-refractivity contribution is 7.80. The minimum Gasteiger partial charge on any atom is -0.436 e. The van der Waals surface area contributed by atoms with Crippen LogP contribution in [0.1, 0.15) is 26.1 Å². The Labute approximate surface area is 202 Å². The number of piperidine rings is 1. The quantitative estimate of drug-likeness (QED) is 0.221. The lowest BCUT2D eigenvalue weighted by molar-refractivity contribution is -0.129. The number of likely N-dealkylation sites (tertiary alicyclic amines) is 1. The van der Waals surface area contributed by atoms with Crippen LogP contribution in [0.15, 0.2) is 76.7 Å². The Bertz CT molecular complexity index is 1410. The number of Topliss-reactive ketones (excluding diaryl/α,β-unsaturated/α-hetero) is 1. The average Bonchev–Trinajstić information content (AvgIpc) is 3.41. The third-order valence-corrected chi connectivity index (χ3v) is 6.58. The Morgan fingerprint density at radius 1 is 1.03 bits per heavy atom. The molecule has 7 heteroatoms. The molecule has 0 N–H and O–H groups in total. The molecule has 5 rings (SSSR count). The van der Waals surface area contributed by atoms with E-state index in [4.69, 9.17) is 16.6 Å². The summed E-state index contributed by atoms with van der Waals surface area (Å²) in [5.41, 5.74) is 3.07. The van der Waals surface area contributed by atoms with Crippen LogP contribution in [0, 0.1) is 5.92 Å². The highest BCUT2D eigenvalue weighted by Crippen LogP contribution is 2.32. The molecule has 6 nitrogen and oxygen atoms in total. The first-order valence-corrected chi connectivity index (χ1v) is 11.7. The van der Waals surface area contributed by atoms with Crippen LogP contribution in [0.3, 0.4) is 0 Å². The Morgan fingerprint density at radius 3 is 2.35 bits per heavy atom. The molecule has 0 spiro atoms. The zero-order valence-corrected chi connectivity index (χ0v) is 19.7. The number of amides is 1. The molecule has 34 heavy (non-hydrogen) atoms. The van der Waals surface area contributed by atoms with Crippen molar-refractivity contribution in [2.75, 3.05) is 6.54 Å². The summed E-state index contributed by atoms with van der Waals surface area (Å²) in [5.74, 6) is 0.0138. The molecule has 170 valence electrons. The summed E-state index contributed by atoms with van der Waals surface area (Å²) >= 11 is 5.44. The van der Waals surface area contributed by atoms with Gasteiger partial charge in [0.2, 0.25) is 5.71 Å². The minimum absolute atomic E-state index is 0.0930. The first-order chi connectivity index (χ1) is 16.5. The summed E-state index contributed by atoms with van der Waals surface area (Å²) in [6.45, 7) is 4.17. The van der Waals surface area contributed by atoms with Crippen LogP contribution in [-0.2, 0) is 9.59 Å². The van der Waals surface area contributed by atoms with Crippen LogP contribution in [0.5, 0.6) is 0 Å².